The third-order valence-electron chi connectivity index (χ3n) is 4.34. The minimum absolute atomic E-state index is 0.103. The average Bonchev–Trinajstić information content (AvgIpc) is 2.84. The summed E-state index contributed by atoms with van der Waals surface area (Å²) in [6.45, 7) is 6.37. The van der Waals surface area contributed by atoms with Crippen LogP contribution in [0.1, 0.15) is 19.4 Å². The molecule has 0 radical (unpaired) electrons. The molecule has 0 aromatic heterocycles. The van der Waals surface area contributed by atoms with Crippen molar-refractivity contribution in [1.29, 1.82) is 5.41 Å². The lowest BCUT2D eigenvalue weighted by Crippen LogP contribution is -2.38. The van der Waals surface area contributed by atoms with Gasteiger partial charge in [0.25, 0.3) is 0 Å². The van der Waals surface area contributed by atoms with E-state index < -0.39 is 0 Å². The van der Waals surface area contributed by atoms with Crippen LogP contribution in [0.25, 0.3) is 0 Å². The monoisotopic (exact) mass is 318 g/mol. The molecule has 0 bridgehead atoms. The third-order valence-corrected chi connectivity index (χ3v) is 4.34. The molecule has 3 rings (SSSR count). The summed E-state index contributed by atoms with van der Waals surface area (Å²) in [7, 11) is 0. The van der Waals surface area contributed by atoms with Gasteiger partial charge in [-0.3, -0.25) is 0 Å². The molecule has 1 unspecified atom stereocenters. The molecule has 4 heteroatoms. The highest BCUT2D eigenvalue weighted by molar-refractivity contribution is 6.14. The highest BCUT2D eigenvalue weighted by Crippen LogP contribution is 2.38. The highest BCUT2D eigenvalue weighted by Gasteiger charge is 2.35. The van der Waals surface area contributed by atoms with E-state index in [4.69, 9.17) is 5.41 Å². The summed E-state index contributed by atoms with van der Waals surface area (Å²) in [4.78, 5) is 9.06. The molecular weight excluding hydrogens is 296 g/mol. The second-order valence-corrected chi connectivity index (χ2v) is 5.85. The molecular formula is C20H22N4. The van der Waals surface area contributed by atoms with Gasteiger partial charge in [0.2, 0.25) is 0 Å². The molecule has 1 aliphatic rings. The number of nitrogens with one attached hydrogen (secondary N) is 1. The Balaban J connectivity index is 2.13. The van der Waals surface area contributed by atoms with E-state index in [1.165, 1.54) is 18.0 Å². The number of benzene rings is 2. The maximum Gasteiger partial charge on any atom is 0.154 e. The fraction of sp³-hybridized carbons (Fsp3) is 0.200. The van der Waals surface area contributed by atoms with E-state index in [1.54, 1.807) is 0 Å². The number of nitrogens with zero attached hydrogens (tertiary/aromatic N) is 3. The zero-order chi connectivity index (χ0) is 17.1. The molecule has 1 N–H and O–H groups in total. The van der Waals surface area contributed by atoms with Crippen molar-refractivity contribution in [1.82, 2.24) is 0 Å². The Kier molecular flexibility index (Phi) is 4.47. The second kappa shape index (κ2) is 6.71. The van der Waals surface area contributed by atoms with Crippen LogP contribution in [0, 0.1) is 12.3 Å². The summed E-state index contributed by atoms with van der Waals surface area (Å²) in [5.74, 6) is 0.879. The number of para-hydroxylation sites is 2. The number of aliphatic imine (C=N–C) groups is 1. The van der Waals surface area contributed by atoms with Crippen molar-refractivity contribution in [2.75, 3.05) is 9.80 Å². The number of hydrogen-bond acceptors (Lipinski definition) is 4. The van der Waals surface area contributed by atoms with Gasteiger partial charge < -0.3 is 15.2 Å². The van der Waals surface area contributed by atoms with Crippen molar-refractivity contribution in [3.63, 3.8) is 0 Å². The molecule has 2 aromatic carbocycles. The maximum absolute atomic E-state index is 7.28. The van der Waals surface area contributed by atoms with Gasteiger partial charge in [0.05, 0.1) is 5.70 Å². The smallest absolute Gasteiger partial charge is 0.154 e. The SMILES string of the molecule is CC1=C(/N=C\C=N)N(c2ccccc2C)C(C)N1c1ccccc1. The van der Waals surface area contributed by atoms with Crippen molar-refractivity contribution in [2.24, 2.45) is 4.99 Å². The van der Waals surface area contributed by atoms with Gasteiger partial charge in [-0.1, -0.05) is 36.4 Å². The van der Waals surface area contributed by atoms with Crippen LogP contribution in [0.3, 0.4) is 0 Å². The van der Waals surface area contributed by atoms with Crippen molar-refractivity contribution in [3.05, 3.63) is 71.7 Å². The van der Waals surface area contributed by atoms with Crippen molar-refractivity contribution < 1.29 is 0 Å². The van der Waals surface area contributed by atoms with Gasteiger partial charge in [-0.2, -0.15) is 0 Å². The van der Waals surface area contributed by atoms with E-state index in [9.17, 15) is 0 Å². The molecule has 0 saturated carbocycles. The molecule has 4 nitrogen and oxygen atoms in total. The molecule has 0 amide bonds. The van der Waals surface area contributed by atoms with E-state index in [1.807, 2.05) is 30.3 Å². The molecule has 1 heterocycles. The summed E-state index contributed by atoms with van der Waals surface area (Å²) in [5.41, 5.74) is 4.56. The van der Waals surface area contributed by atoms with Gasteiger partial charge >= 0.3 is 0 Å². The van der Waals surface area contributed by atoms with Crippen LogP contribution in [-0.4, -0.2) is 18.6 Å². The lowest BCUT2D eigenvalue weighted by atomic mass is 10.2. The van der Waals surface area contributed by atoms with Crippen molar-refractivity contribution in [3.8, 4) is 0 Å². The van der Waals surface area contributed by atoms with Crippen LogP contribution in [0.5, 0.6) is 0 Å². The van der Waals surface area contributed by atoms with Crippen molar-refractivity contribution >= 4 is 23.8 Å². The number of anilines is 2. The third kappa shape index (κ3) is 2.71. The fourth-order valence-electron chi connectivity index (χ4n) is 3.27. The van der Waals surface area contributed by atoms with Gasteiger partial charge in [-0.15, -0.1) is 0 Å². The van der Waals surface area contributed by atoms with Gasteiger partial charge in [0, 0.05) is 23.8 Å². The van der Waals surface area contributed by atoms with Crippen LogP contribution in [0.4, 0.5) is 11.4 Å². The van der Waals surface area contributed by atoms with Crippen LogP contribution in [-0.2, 0) is 0 Å². The van der Waals surface area contributed by atoms with E-state index in [0.717, 1.165) is 22.9 Å². The minimum atomic E-state index is 0.103. The highest BCUT2D eigenvalue weighted by atomic mass is 15.4. The predicted molar refractivity (Wildman–Crippen MR) is 102 cm³/mol. The quantitative estimate of drug-likeness (QED) is 0.839. The Bertz CT molecular complexity index is 792. The van der Waals surface area contributed by atoms with E-state index >= 15 is 0 Å². The molecule has 0 saturated heterocycles. The standard InChI is InChI=1S/C20H22N4/c1-15-9-7-8-12-19(15)24-17(3)23(18-10-5-4-6-11-18)16(2)20(24)22-14-13-21/h4-14,17,21H,1-3H3/b21-13?,22-14-. The molecule has 1 aliphatic heterocycles. The summed E-state index contributed by atoms with van der Waals surface area (Å²) in [6, 6.07) is 18.7. The zero-order valence-electron chi connectivity index (χ0n) is 14.3. The lowest BCUT2D eigenvalue weighted by molar-refractivity contribution is 0.725. The first-order valence-electron chi connectivity index (χ1n) is 8.08. The van der Waals surface area contributed by atoms with Gasteiger partial charge in [-0.25, -0.2) is 4.99 Å². The second-order valence-electron chi connectivity index (χ2n) is 5.85. The number of allylic oxidation sites excluding steroid dienone is 1. The van der Waals surface area contributed by atoms with Crippen molar-refractivity contribution in [2.45, 2.75) is 26.9 Å². The summed E-state index contributed by atoms with van der Waals surface area (Å²) in [5, 5.41) is 7.28. The average molecular weight is 318 g/mol. The normalized spacial score (nSPS) is 17.9. The Hall–Kier alpha value is -2.88. The summed E-state index contributed by atoms with van der Waals surface area (Å²) < 4.78 is 0. The predicted octanol–water partition coefficient (Wildman–Crippen LogP) is 4.58. The summed E-state index contributed by atoms with van der Waals surface area (Å²) in [6.07, 6.45) is 2.85. The van der Waals surface area contributed by atoms with Crippen LogP contribution >= 0.6 is 0 Å². The molecule has 122 valence electrons. The van der Waals surface area contributed by atoms with E-state index in [-0.39, 0.29) is 6.17 Å². The number of aryl methyl sites for hydroxylation is 1. The Morgan fingerprint density at radius 1 is 0.958 bits per heavy atom. The van der Waals surface area contributed by atoms with Gasteiger partial charge in [-0.05, 0) is 44.5 Å². The Morgan fingerprint density at radius 3 is 2.29 bits per heavy atom. The molecule has 0 aliphatic carbocycles. The van der Waals surface area contributed by atoms with Gasteiger partial charge in [0.15, 0.2) is 5.82 Å². The maximum atomic E-state index is 7.28. The molecule has 0 fully saturated rings. The first-order valence-corrected chi connectivity index (χ1v) is 8.08. The van der Waals surface area contributed by atoms with E-state index in [0.29, 0.717) is 0 Å². The minimum Gasteiger partial charge on any atom is -0.321 e. The summed E-state index contributed by atoms with van der Waals surface area (Å²) >= 11 is 0. The first-order chi connectivity index (χ1) is 11.6. The fourth-order valence-corrected chi connectivity index (χ4v) is 3.27. The molecule has 24 heavy (non-hydrogen) atoms. The van der Waals surface area contributed by atoms with Gasteiger partial charge in [0.1, 0.15) is 6.17 Å². The van der Waals surface area contributed by atoms with E-state index in [2.05, 4.69) is 59.8 Å². The van der Waals surface area contributed by atoms with Crippen LogP contribution < -0.4 is 9.80 Å². The van der Waals surface area contributed by atoms with Crippen LogP contribution in [0.15, 0.2) is 71.1 Å². The number of rotatable bonds is 4. The lowest BCUT2D eigenvalue weighted by Gasteiger charge is -2.32. The Morgan fingerprint density at radius 2 is 1.62 bits per heavy atom. The number of hydrogen-bond donors (Lipinski definition) is 1. The molecule has 0 spiro atoms. The van der Waals surface area contributed by atoms with Crippen LogP contribution in [0.2, 0.25) is 0 Å². The Labute approximate surface area is 143 Å². The zero-order valence-corrected chi connectivity index (χ0v) is 14.3. The largest absolute Gasteiger partial charge is 0.321 e. The first kappa shape index (κ1) is 16.0. The molecule has 2 aromatic rings. The topological polar surface area (TPSA) is 42.7 Å². The molecule has 1 atom stereocenters.